The van der Waals surface area contributed by atoms with Gasteiger partial charge in [0.2, 0.25) is 0 Å². The van der Waals surface area contributed by atoms with Crippen molar-refractivity contribution < 1.29 is 4.42 Å². The van der Waals surface area contributed by atoms with Crippen molar-refractivity contribution >= 4 is 71.1 Å². The number of hydrogen-bond donors (Lipinski definition) is 0. The summed E-state index contributed by atoms with van der Waals surface area (Å²) in [4.78, 5) is 0. The SMILES string of the molecule is C=C/C(=C\C=C/C)c1ccc(-n2c3ccccc3c3c4c5ccccc5n(-c5ccc6c(c5)oc5ccccc56)c4ccc32)cc1. The average Bonchev–Trinajstić information content (AvgIpc) is 3.76. The molecule has 0 aliphatic heterocycles. The predicted molar refractivity (Wildman–Crippen MR) is 195 cm³/mol. The third kappa shape index (κ3) is 3.79. The molecule has 0 unspecified atom stereocenters. The van der Waals surface area contributed by atoms with Crippen molar-refractivity contribution in [2.75, 3.05) is 0 Å². The number of nitrogens with zero attached hydrogens (tertiary/aromatic N) is 2. The van der Waals surface area contributed by atoms with Crippen LogP contribution in [0.3, 0.4) is 0 Å². The molecule has 0 bridgehead atoms. The van der Waals surface area contributed by atoms with Gasteiger partial charge < -0.3 is 13.6 Å². The zero-order valence-electron chi connectivity index (χ0n) is 25.4. The van der Waals surface area contributed by atoms with Gasteiger partial charge in [-0.15, -0.1) is 0 Å². The normalized spacial score (nSPS) is 12.6. The summed E-state index contributed by atoms with van der Waals surface area (Å²) in [5.74, 6) is 0. The number of allylic oxidation sites excluding steroid dienone is 5. The van der Waals surface area contributed by atoms with Crippen LogP contribution in [-0.2, 0) is 0 Å². The Bertz CT molecular complexity index is 2710. The van der Waals surface area contributed by atoms with E-state index in [0.29, 0.717) is 0 Å². The maximum atomic E-state index is 6.32. The number of hydrogen-bond acceptors (Lipinski definition) is 1. The van der Waals surface area contributed by atoms with E-state index in [-0.39, 0.29) is 0 Å². The molecule has 0 fully saturated rings. The van der Waals surface area contributed by atoms with E-state index >= 15 is 0 Å². The molecule has 0 saturated heterocycles. The number of furan rings is 1. The molecule has 0 amide bonds. The molecule has 9 rings (SSSR count). The third-order valence-corrected chi connectivity index (χ3v) is 9.24. The molecule has 0 N–H and O–H groups in total. The van der Waals surface area contributed by atoms with E-state index in [2.05, 4.69) is 137 Å². The van der Waals surface area contributed by atoms with Crippen molar-refractivity contribution in [1.82, 2.24) is 9.13 Å². The molecule has 3 heteroatoms. The number of rotatable bonds is 5. The molecule has 6 aromatic carbocycles. The van der Waals surface area contributed by atoms with E-state index in [0.717, 1.165) is 44.4 Å². The lowest BCUT2D eigenvalue weighted by molar-refractivity contribution is 0.668. The molecular formula is C43H30N2O. The monoisotopic (exact) mass is 590 g/mol. The van der Waals surface area contributed by atoms with Gasteiger partial charge >= 0.3 is 0 Å². The third-order valence-electron chi connectivity index (χ3n) is 9.24. The van der Waals surface area contributed by atoms with Crippen LogP contribution in [0.25, 0.3) is 82.5 Å². The summed E-state index contributed by atoms with van der Waals surface area (Å²) in [6, 6.07) is 45.7. The smallest absolute Gasteiger partial charge is 0.137 e. The topological polar surface area (TPSA) is 23.0 Å². The molecule has 0 atom stereocenters. The maximum absolute atomic E-state index is 6.32. The number of fused-ring (bicyclic) bond motifs is 10. The van der Waals surface area contributed by atoms with Crippen molar-refractivity contribution in [2.45, 2.75) is 6.92 Å². The van der Waals surface area contributed by atoms with E-state index < -0.39 is 0 Å². The minimum Gasteiger partial charge on any atom is -0.456 e. The quantitative estimate of drug-likeness (QED) is 0.183. The molecule has 9 aromatic rings. The van der Waals surface area contributed by atoms with Gasteiger partial charge in [0.25, 0.3) is 0 Å². The Hall–Kier alpha value is -6.06. The van der Waals surface area contributed by atoms with Crippen molar-refractivity contribution in [3.63, 3.8) is 0 Å². The first kappa shape index (κ1) is 26.4. The van der Waals surface area contributed by atoms with E-state index in [1.165, 1.54) is 43.6 Å². The Balaban J connectivity index is 1.31. The Kier molecular flexibility index (Phi) is 5.87. The molecule has 0 spiro atoms. The van der Waals surface area contributed by atoms with Gasteiger partial charge in [-0.05, 0) is 72.7 Å². The predicted octanol–water partition coefficient (Wildman–Crippen LogP) is 11.9. The molecular weight excluding hydrogens is 560 g/mol. The summed E-state index contributed by atoms with van der Waals surface area (Å²) in [6.45, 7) is 6.06. The highest BCUT2D eigenvalue weighted by Gasteiger charge is 2.21. The maximum Gasteiger partial charge on any atom is 0.137 e. The minimum atomic E-state index is 0.894. The van der Waals surface area contributed by atoms with Crippen LogP contribution in [0, 0.1) is 0 Å². The van der Waals surface area contributed by atoms with Gasteiger partial charge in [-0.25, -0.2) is 0 Å². The van der Waals surface area contributed by atoms with Crippen LogP contribution >= 0.6 is 0 Å². The second-order valence-electron chi connectivity index (χ2n) is 11.7. The molecule has 46 heavy (non-hydrogen) atoms. The van der Waals surface area contributed by atoms with E-state index in [1.807, 2.05) is 37.3 Å². The first-order valence-corrected chi connectivity index (χ1v) is 15.7. The van der Waals surface area contributed by atoms with Gasteiger partial charge in [0, 0.05) is 49.8 Å². The number of aromatic nitrogens is 2. The summed E-state index contributed by atoms with van der Waals surface area (Å²) >= 11 is 0. The first-order chi connectivity index (χ1) is 22.7. The average molecular weight is 591 g/mol. The zero-order valence-corrected chi connectivity index (χ0v) is 25.4. The zero-order chi connectivity index (χ0) is 30.8. The number of benzene rings is 6. The van der Waals surface area contributed by atoms with Crippen LogP contribution in [0.2, 0.25) is 0 Å². The largest absolute Gasteiger partial charge is 0.456 e. The highest BCUT2D eigenvalue weighted by atomic mass is 16.3. The standard InChI is InChI=1S/C43H30N2O/c1-3-5-12-28(4-2)29-19-21-30(22-20-29)44-36-16-9-6-14-34(36)42-38(44)25-26-39-43(42)35-15-7-10-17-37(35)45(39)31-23-24-33-32-13-8-11-18-40(32)46-41(33)27-31/h3-27H,2H2,1H3/b5-3-,28-12+. The van der Waals surface area contributed by atoms with E-state index in [4.69, 9.17) is 4.42 Å². The fourth-order valence-electron chi connectivity index (χ4n) is 7.21. The van der Waals surface area contributed by atoms with Crippen molar-refractivity contribution in [3.05, 3.63) is 164 Å². The molecule has 3 heterocycles. The molecule has 3 nitrogen and oxygen atoms in total. The van der Waals surface area contributed by atoms with Gasteiger partial charge in [0.1, 0.15) is 11.2 Å². The van der Waals surface area contributed by atoms with Gasteiger partial charge in [-0.2, -0.15) is 0 Å². The molecule has 0 aliphatic carbocycles. The Labute approximate surface area is 266 Å². The van der Waals surface area contributed by atoms with Crippen LogP contribution in [0.4, 0.5) is 0 Å². The summed E-state index contributed by atoms with van der Waals surface area (Å²) in [5.41, 5.74) is 11.0. The lowest BCUT2D eigenvalue weighted by atomic mass is 10.0. The van der Waals surface area contributed by atoms with Crippen LogP contribution < -0.4 is 0 Å². The Morgan fingerprint density at radius 1 is 0.565 bits per heavy atom. The highest BCUT2D eigenvalue weighted by molar-refractivity contribution is 6.29. The lowest BCUT2D eigenvalue weighted by Gasteiger charge is -2.10. The lowest BCUT2D eigenvalue weighted by Crippen LogP contribution is -1.95. The molecule has 218 valence electrons. The Morgan fingerprint density at radius 2 is 1.13 bits per heavy atom. The second-order valence-corrected chi connectivity index (χ2v) is 11.7. The van der Waals surface area contributed by atoms with E-state index in [9.17, 15) is 0 Å². The van der Waals surface area contributed by atoms with Gasteiger partial charge in [0.15, 0.2) is 0 Å². The van der Waals surface area contributed by atoms with Gasteiger partial charge in [-0.1, -0.05) is 97.6 Å². The van der Waals surface area contributed by atoms with Crippen molar-refractivity contribution in [1.29, 1.82) is 0 Å². The summed E-state index contributed by atoms with van der Waals surface area (Å²) in [5, 5.41) is 7.26. The highest BCUT2D eigenvalue weighted by Crippen LogP contribution is 2.43. The van der Waals surface area contributed by atoms with Crippen LogP contribution in [0.1, 0.15) is 12.5 Å². The Morgan fingerprint density at radius 3 is 1.78 bits per heavy atom. The van der Waals surface area contributed by atoms with Crippen LogP contribution in [0.5, 0.6) is 0 Å². The second kappa shape index (κ2) is 10.3. The van der Waals surface area contributed by atoms with Crippen molar-refractivity contribution in [3.8, 4) is 11.4 Å². The van der Waals surface area contributed by atoms with E-state index in [1.54, 1.807) is 0 Å². The molecule has 0 saturated carbocycles. The number of para-hydroxylation sites is 3. The summed E-state index contributed by atoms with van der Waals surface area (Å²) in [6.07, 6.45) is 8.09. The fraction of sp³-hybridized carbons (Fsp3) is 0.0233. The van der Waals surface area contributed by atoms with Gasteiger partial charge in [0.05, 0.1) is 22.1 Å². The van der Waals surface area contributed by atoms with Crippen molar-refractivity contribution in [2.24, 2.45) is 0 Å². The summed E-state index contributed by atoms with van der Waals surface area (Å²) < 4.78 is 11.1. The summed E-state index contributed by atoms with van der Waals surface area (Å²) in [7, 11) is 0. The van der Waals surface area contributed by atoms with Gasteiger partial charge in [-0.3, -0.25) is 0 Å². The molecule has 3 aromatic heterocycles. The molecule has 0 aliphatic rings. The first-order valence-electron chi connectivity index (χ1n) is 15.7. The van der Waals surface area contributed by atoms with Crippen LogP contribution in [0.15, 0.2) is 163 Å². The molecule has 0 radical (unpaired) electrons. The fourth-order valence-corrected chi connectivity index (χ4v) is 7.21. The minimum absolute atomic E-state index is 0.894. The van der Waals surface area contributed by atoms with Crippen LogP contribution in [-0.4, -0.2) is 9.13 Å².